The second kappa shape index (κ2) is 8.43. The first-order valence-electron chi connectivity index (χ1n) is 8.54. The first-order valence-corrected chi connectivity index (χ1v) is 10.5. The van der Waals surface area contributed by atoms with E-state index in [4.69, 9.17) is 9.72 Å². The van der Waals surface area contributed by atoms with Crippen LogP contribution in [0.25, 0.3) is 16.6 Å². The van der Waals surface area contributed by atoms with Crippen molar-refractivity contribution in [3.05, 3.63) is 62.0 Å². The average molecular weight is 494 g/mol. The van der Waals surface area contributed by atoms with E-state index in [1.54, 1.807) is 18.4 Å². The highest BCUT2D eigenvalue weighted by molar-refractivity contribution is 14.1. The maximum absolute atomic E-state index is 13.3. The Bertz CT molecular complexity index is 1060. The van der Waals surface area contributed by atoms with E-state index in [-0.39, 0.29) is 11.5 Å². The number of rotatable bonds is 5. The molecule has 3 aromatic rings. The molecule has 0 aliphatic rings. The van der Waals surface area contributed by atoms with Gasteiger partial charge in [0.25, 0.3) is 5.56 Å². The summed E-state index contributed by atoms with van der Waals surface area (Å²) in [5.74, 6) is -0.323. The van der Waals surface area contributed by atoms with E-state index in [0.29, 0.717) is 22.7 Å². The first-order chi connectivity index (χ1) is 12.9. The van der Waals surface area contributed by atoms with Crippen LogP contribution in [0.2, 0.25) is 0 Å². The summed E-state index contributed by atoms with van der Waals surface area (Å²) in [5.41, 5.74) is 2.18. The number of fused-ring (bicyclic) bond motifs is 1. The Balaban J connectivity index is 2.23. The molecule has 0 saturated heterocycles. The Labute approximate surface area is 175 Å². The maximum Gasteiger partial charge on any atom is 0.319 e. The Morgan fingerprint density at radius 3 is 2.74 bits per heavy atom. The van der Waals surface area contributed by atoms with Gasteiger partial charge >= 0.3 is 5.97 Å². The molecule has 0 aliphatic heterocycles. The Morgan fingerprint density at radius 1 is 1.30 bits per heavy atom. The van der Waals surface area contributed by atoms with Gasteiger partial charge in [-0.3, -0.25) is 14.2 Å². The summed E-state index contributed by atoms with van der Waals surface area (Å²) in [4.78, 5) is 30.1. The standard InChI is InChI=1S/C20H19IN2O3S/c1-4-26-19(25)13(3)27-20-22-16-10-9-14(21)11-15(16)18(24)23(20)17-8-6-5-7-12(17)2/h5-11,13H,4H2,1-3H3. The summed E-state index contributed by atoms with van der Waals surface area (Å²) in [6, 6.07) is 13.2. The lowest BCUT2D eigenvalue weighted by molar-refractivity contribution is -0.142. The normalized spacial score (nSPS) is 12.1. The van der Waals surface area contributed by atoms with Gasteiger partial charge in [0.1, 0.15) is 5.25 Å². The number of hydrogen-bond acceptors (Lipinski definition) is 5. The van der Waals surface area contributed by atoms with Gasteiger partial charge in [0.2, 0.25) is 0 Å². The van der Waals surface area contributed by atoms with E-state index >= 15 is 0 Å². The summed E-state index contributed by atoms with van der Waals surface area (Å²) in [6.45, 7) is 5.80. The Morgan fingerprint density at radius 2 is 2.04 bits per heavy atom. The van der Waals surface area contributed by atoms with Gasteiger partial charge in [-0.15, -0.1) is 0 Å². The van der Waals surface area contributed by atoms with Gasteiger partial charge in [-0.2, -0.15) is 0 Å². The van der Waals surface area contributed by atoms with Crippen LogP contribution < -0.4 is 5.56 Å². The zero-order chi connectivity index (χ0) is 19.6. The summed E-state index contributed by atoms with van der Waals surface area (Å²) >= 11 is 3.41. The van der Waals surface area contributed by atoms with Crippen molar-refractivity contribution in [2.45, 2.75) is 31.2 Å². The molecule has 0 fully saturated rings. The molecule has 5 nitrogen and oxygen atoms in total. The van der Waals surface area contributed by atoms with Gasteiger partial charge in [-0.25, -0.2) is 4.98 Å². The summed E-state index contributed by atoms with van der Waals surface area (Å²) in [6.07, 6.45) is 0. The molecule has 7 heteroatoms. The number of thioether (sulfide) groups is 1. The van der Waals surface area contributed by atoms with Crippen LogP contribution in [0.15, 0.2) is 52.4 Å². The highest BCUT2D eigenvalue weighted by Gasteiger charge is 2.21. The molecule has 1 unspecified atom stereocenters. The van der Waals surface area contributed by atoms with Crippen molar-refractivity contribution >= 4 is 51.2 Å². The third kappa shape index (κ3) is 4.19. The molecular formula is C20H19IN2O3S. The molecule has 1 atom stereocenters. The number of halogens is 1. The molecule has 0 spiro atoms. The predicted molar refractivity (Wildman–Crippen MR) is 117 cm³/mol. The molecule has 0 radical (unpaired) electrons. The number of para-hydroxylation sites is 1. The molecule has 3 rings (SSSR count). The summed E-state index contributed by atoms with van der Waals surface area (Å²) in [7, 11) is 0. The number of aromatic nitrogens is 2. The number of ether oxygens (including phenoxy) is 1. The van der Waals surface area contributed by atoms with Crippen LogP contribution in [-0.4, -0.2) is 27.4 Å². The van der Waals surface area contributed by atoms with Crippen LogP contribution in [0.5, 0.6) is 0 Å². The topological polar surface area (TPSA) is 61.2 Å². The van der Waals surface area contributed by atoms with E-state index in [0.717, 1.165) is 14.8 Å². The molecular weight excluding hydrogens is 475 g/mol. The second-order valence-electron chi connectivity index (χ2n) is 6.00. The lowest BCUT2D eigenvalue weighted by Crippen LogP contribution is -2.25. The average Bonchev–Trinajstić information content (AvgIpc) is 2.64. The summed E-state index contributed by atoms with van der Waals surface area (Å²) < 4.78 is 7.66. The van der Waals surface area contributed by atoms with Crippen LogP contribution in [0.3, 0.4) is 0 Å². The number of hydrogen-bond donors (Lipinski definition) is 0. The zero-order valence-electron chi connectivity index (χ0n) is 15.2. The van der Waals surface area contributed by atoms with Gasteiger partial charge in [0.05, 0.1) is 23.2 Å². The maximum atomic E-state index is 13.3. The SMILES string of the molecule is CCOC(=O)C(C)Sc1nc2ccc(I)cc2c(=O)n1-c1ccccc1C. The van der Waals surface area contributed by atoms with Crippen molar-refractivity contribution in [3.63, 3.8) is 0 Å². The van der Waals surface area contributed by atoms with Gasteiger partial charge in [0, 0.05) is 3.57 Å². The van der Waals surface area contributed by atoms with Crippen molar-refractivity contribution in [1.82, 2.24) is 9.55 Å². The van der Waals surface area contributed by atoms with Crippen molar-refractivity contribution in [1.29, 1.82) is 0 Å². The minimum absolute atomic E-state index is 0.147. The van der Waals surface area contributed by atoms with Crippen molar-refractivity contribution < 1.29 is 9.53 Å². The van der Waals surface area contributed by atoms with Crippen molar-refractivity contribution in [2.75, 3.05) is 6.61 Å². The largest absolute Gasteiger partial charge is 0.465 e. The van der Waals surface area contributed by atoms with Gasteiger partial charge in [0.15, 0.2) is 5.16 Å². The number of aryl methyl sites for hydroxylation is 1. The Hall–Kier alpha value is -1.87. The third-order valence-electron chi connectivity index (χ3n) is 4.06. The van der Waals surface area contributed by atoms with Crippen molar-refractivity contribution in [3.8, 4) is 5.69 Å². The van der Waals surface area contributed by atoms with Gasteiger partial charge in [-0.1, -0.05) is 30.0 Å². The number of benzene rings is 2. The highest BCUT2D eigenvalue weighted by Crippen LogP contribution is 2.27. The van der Waals surface area contributed by atoms with Gasteiger partial charge in [-0.05, 0) is 73.2 Å². The van der Waals surface area contributed by atoms with E-state index in [1.807, 2.05) is 49.4 Å². The minimum atomic E-state index is -0.478. The fraction of sp³-hybridized carbons (Fsp3) is 0.250. The van der Waals surface area contributed by atoms with Crippen LogP contribution >= 0.6 is 34.4 Å². The Kier molecular flexibility index (Phi) is 6.21. The molecule has 0 aliphatic carbocycles. The number of esters is 1. The second-order valence-corrected chi connectivity index (χ2v) is 8.55. The van der Waals surface area contributed by atoms with Crippen molar-refractivity contribution in [2.24, 2.45) is 0 Å². The molecule has 1 heterocycles. The van der Waals surface area contributed by atoms with Crippen LogP contribution in [0.4, 0.5) is 0 Å². The smallest absolute Gasteiger partial charge is 0.319 e. The molecule has 0 amide bonds. The predicted octanol–water partition coefficient (Wildman–Crippen LogP) is 4.34. The molecule has 140 valence electrons. The summed E-state index contributed by atoms with van der Waals surface area (Å²) in [5, 5.41) is 0.551. The van der Waals surface area contributed by atoms with E-state index in [2.05, 4.69) is 22.6 Å². The van der Waals surface area contributed by atoms with Gasteiger partial charge < -0.3 is 4.74 Å². The fourth-order valence-corrected chi connectivity index (χ4v) is 4.12. The van der Waals surface area contributed by atoms with Crippen LogP contribution in [0, 0.1) is 10.5 Å². The van der Waals surface area contributed by atoms with Crippen LogP contribution in [-0.2, 0) is 9.53 Å². The van der Waals surface area contributed by atoms with E-state index in [1.165, 1.54) is 11.8 Å². The zero-order valence-corrected chi connectivity index (χ0v) is 18.2. The number of carbonyl (C=O) groups is 1. The lowest BCUT2D eigenvalue weighted by Gasteiger charge is -2.17. The third-order valence-corrected chi connectivity index (χ3v) is 5.76. The monoisotopic (exact) mass is 494 g/mol. The molecule has 0 saturated carbocycles. The number of nitrogens with zero attached hydrogens (tertiary/aromatic N) is 2. The fourth-order valence-electron chi connectivity index (χ4n) is 2.71. The van der Waals surface area contributed by atoms with E-state index < -0.39 is 5.25 Å². The molecule has 0 bridgehead atoms. The quantitative estimate of drug-likeness (QED) is 0.229. The molecule has 0 N–H and O–H groups in total. The number of carbonyl (C=O) groups excluding carboxylic acids is 1. The minimum Gasteiger partial charge on any atom is -0.465 e. The highest BCUT2D eigenvalue weighted by atomic mass is 127. The molecule has 2 aromatic carbocycles. The van der Waals surface area contributed by atoms with Crippen LogP contribution in [0.1, 0.15) is 19.4 Å². The van der Waals surface area contributed by atoms with E-state index in [9.17, 15) is 9.59 Å². The lowest BCUT2D eigenvalue weighted by atomic mass is 10.2. The molecule has 27 heavy (non-hydrogen) atoms. The molecule has 1 aromatic heterocycles. The first kappa shape index (κ1) is 19.9.